The summed E-state index contributed by atoms with van der Waals surface area (Å²) in [4.78, 5) is 63.0. The van der Waals surface area contributed by atoms with Gasteiger partial charge < -0.3 is 41.0 Å². The van der Waals surface area contributed by atoms with Gasteiger partial charge in [-0.2, -0.15) is 0 Å². The maximum absolute atomic E-state index is 13.6. The number of alkyl carbamates (subject to hydrolysis) is 1. The zero-order chi connectivity index (χ0) is 30.6. The van der Waals surface area contributed by atoms with Gasteiger partial charge in [0.1, 0.15) is 30.9 Å². The van der Waals surface area contributed by atoms with Crippen molar-refractivity contribution in [3.05, 3.63) is 35.9 Å². The van der Waals surface area contributed by atoms with Crippen LogP contribution in [-0.4, -0.2) is 90.2 Å². The molecule has 0 aromatic heterocycles. The van der Waals surface area contributed by atoms with Crippen LogP contribution in [0.1, 0.15) is 45.1 Å². The van der Waals surface area contributed by atoms with E-state index in [1.54, 1.807) is 30.3 Å². The highest BCUT2D eigenvalue weighted by atomic mass is 19.1. The number of aliphatic hydroxyl groups excluding tert-OH is 2. The van der Waals surface area contributed by atoms with Crippen LogP contribution in [0.5, 0.6) is 0 Å². The molecule has 0 radical (unpaired) electrons. The summed E-state index contributed by atoms with van der Waals surface area (Å²) >= 11 is 0. The zero-order valence-electron chi connectivity index (χ0n) is 23.4. The van der Waals surface area contributed by atoms with Gasteiger partial charge in [0.2, 0.25) is 17.7 Å². The lowest BCUT2D eigenvalue weighted by Crippen LogP contribution is -2.67. The van der Waals surface area contributed by atoms with Gasteiger partial charge in [0.25, 0.3) is 0 Å². The van der Waals surface area contributed by atoms with Crippen LogP contribution in [-0.2, 0) is 35.3 Å². The predicted molar refractivity (Wildman–Crippen MR) is 143 cm³/mol. The van der Waals surface area contributed by atoms with E-state index in [0.29, 0.717) is 12.8 Å². The fraction of sp³-hybridized carbons (Fsp3) is 0.593. The Labute approximate surface area is 237 Å². The number of rotatable bonds is 14. The number of nitrogens with one attached hydrogen (secondary N) is 4. The molecule has 0 saturated heterocycles. The van der Waals surface area contributed by atoms with Gasteiger partial charge in [0.05, 0.1) is 32.3 Å². The molecule has 228 valence electrons. The summed E-state index contributed by atoms with van der Waals surface area (Å²) in [7, 11) is 1.12. The molecule has 0 heterocycles. The molecule has 13 nitrogen and oxygen atoms in total. The topological polar surface area (TPSA) is 192 Å². The van der Waals surface area contributed by atoms with E-state index in [0.717, 1.165) is 12.7 Å². The average Bonchev–Trinajstić information content (AvgIpc) is 3.39. The molecule has 0 spiro atoms. The second-order valence-corrected chi connectivity index (χ2v) is 9.98. The molecule has 1 aliphatic rings. The summed E-state index contributed by atoms with van der Waals surface area (Å²) in [5, 5.41) is 29.9. The maximum atomic E-state index is 13.6. The first kappa shape index (κ1) is 33.4. The minimum Gasteiger partial charge on any atom is -0.469 e. The summed E-state index contributed by atoms with van der Waals surface area (Å²) < 4.78 is 23.2. The van der Waals surface area contributed by atoms with Crippen molar-refractivity contribution in [1.29, 1.82) is 0 Å². The fourth-order valence-electron chi connectivity index (χ4n) is 4.73. The van der Waals surface area contributed by atoms with Crippen LogP contribution in [0.4, 0.5) is 9.18 Å². The number of ether oxygens (including phenoxy) is 2. The van der Waals surface area contributed by atoms with Crippen LogP contribution in [0.2, 0.25) is 0 Å². The summed E-state index contributed by atoms with van der Waals surface area (Å²) in [6, 6.07) is 4.95. The van der Waals surface area contributed by atoms with Gasteiger partial charge in [0.15, 0.2) is 0 Å². The molecular weight excluding hydrogens is 543 g/mol. The number of amides is 4. The molecular formula is C27H39FN4O9. The molecule has 0 aliphatic heterocycles. The van der Waals surface area contributed by atoms with E-state index in [1.807, 2.05) is 0 Å². The first-order valence-corrected chi connectivity index (χ1v) is 13.3. The molecule has 2 rings (SSSR count). The summed E-state index contributed by atoms with van der Waals surface area (Å²) in [6.07, 6.45) is -1.52. The number of aliphatic hydroxyl groups is 2. The van der Waals surface area contributed by atoms with Gasteiger partial charge in [-0.1, -0.05) is 36.8 Å². The largest absolute Gasteiger partial charge is 0.469 e. The molecule has 1 saturated carbocycles. The number of methoxy groups -OCH3 is 1. The van der Waals surface area contributed by atoms with E-state index in [-0.39, 0.29) is 13.0 Å². The van der Waals surface area contributed by atoms with E-state index in [9.17, 15) is 38.6 Å². The quantitative estimate of drug-likeness (QED) is 0.162. The van der Waals surface area contributed by atoms with E-state index in [1.165, 1.54) is 13.8 Å². The molecule has 1 fully saturated rings. The second kappa shape index (κ2) is 15.9. The van der Waals surface area contributed by atoms with Crippen LogP contribution < -0.4 is 21.3 Å². The molecule has 1 aromatic rings. The minimum absolute atomic E-state index is 0.0276. The molecule has 14 heteroatoms. The number of benzene rings is 1. The van der Waals surface area contributed by atoms with Crippen LogP contribution in [0.25, 0.3) is 0 Å². The predicted octanol–water partition coefficient (Wildman–Crippen LogP) is -0.168. The van der Waals surface area contributed by atoms with Crippen molar-refractivity contribution in [2.75, 3.05) is 20.4 Å². The Hall–Kier alpha value is -3.78. The first-order chi connectivity index (χ1) is 19.5. The molecule has 6 atom stereocenters. The van der Waals surface area contributed by atoms with Crippen LogP contribution in [0.15, 0.2) is 30.3 Å². The van der Waals surface area contributed by atoms with Crippen molar-refractivity contribution in [2.45, 2.75) is 75.9 Å². The van der Waals surface area contributed by atoms with E-state index in [2.05, 4.69) is 26.0 Å². The normalized spacial score (nSPS) is 21.0. The highest BCUT2D eigenvalue weighted by Crippen LogP contribution is 2.38. The number of esters is 1. The summed E-state index contributed by atoms with van der Waals surface area (Å²) in [6.45, 7) is 0.827. The number of carbonyl (C=O) groups is 5. The van der Waals surface area contributed by atoms with E-state index in [4.69, 9.17) is 4.74 Å². The van der Waals surface area contributed by atoms with Crippen LogP contribution >= 0.6 is 0 Å². The van der Waals surface area contributed by atoms with Crippen molar-refractivity contribution >= 4 is 29.8 Å². The molecule has 0 bridgehead atoms. The minimum atomic E-state index is -1.71. The SMILES string of the molecule is COC(=O)C[C@@H](CF)NC(=O)[C@@]1(NC(=O)[C@H](CO)NC(=O)[C@H](C)NC(=O)OCc2ccccc2)CCCC1[C@@H](C)O. The highest BCUT2D eigenvalue weighted by molar-refractivity contribution is 5.96. The van der Waals surface area contributed by atoms with E-state index < -0.39 is 85.2 Å². The number of halogens is 1. The van der Waals surface area contributed by atoms with Crippen molar-refractivity contribution in [3.8, 4) is 0 Å². The third kappa shape index (κ3) is 9.39. The Bertz CT molecular complexity index is 1060. The number of carbonyl (C=O) groups excluding carboxylic acids is 5. The Morgan fingerprint density at radius 2 is 1.76 bits per heavy atom. The first-order valence-electron chi connectivity index (χ1n) is 13.3. The van der Waals surface area contributed by atoms with Crippen LogP contribution in [0, 0.1) is 5.92 Å². The third-order valence-corrected chi connectivity index (χ3v) is 6.97. The van der Waals surface area contributed by atoms with Gasteiger partial charge in [-0.3, -0.25) is 19.2 Å². The fourth-order valence-corrected chi connectivity index (χ4v) is 4.73. The molecule has 1 aliphatic carbocycles. The Balaban J connectivity index is 2.08. The molecule has 41 heavy (non-hydrogen) atoms. The third-order valence-electron chi connectivity index (χ3n) is 6.97. The lowest BCUT2D eigenvalue weighted by atomic mass is 9.82. The maximum Gasteiger partial charge on any atom is 0.408 e. The lowest BCUT2D eigenvalue weighted by molar-refractivity contribution is -0.143. The van der Waals surface area contributed by atoms with Gasteiger partial charge in [-0.05, 0) is 32.3 Å². The highest BCUT2D eigenvalue weighted by Gasteiger charge is 2.52. The van der Waals surface area contributed by atoms with Crippen molar-refractivity contribution in [3.63, 3.8) is 0 Å². The van der Waals surface area contributed by atoms with E-state index >= 15 is 0 Å². The molecule has 4 amide bonds. The average molecular weight is 583 g/mol. The zero-order valence-corrected chi connectivity index (χ0v) is 23.4. The molecule has 6 N–H and O–H groups in total. The Morgan fingerprint density at radius 1 is 1.07 bits per heavy atom. The van der Waals surface area contributed by atoms with Crippen molar-refractivity contribution in [2.24, 2.45) is 5.92 Å². The van der Waals surface area contributed by atoms with Gasteiger partial charge in [0, 0.05) is 5.92 Å². The Kier molecular flexibility index (Phi) is 12.9. The second-order valence-electron chi connectivity index (χ2n) is 9.98. The summed E-state index contributed by atoms with van der Waals surface area (Å²) in [5.41, 5.74) is -0.974. The number of alkyl halides is 1. The standard InChI is InChI=1S/C27H39FN4O9/c1-16(29-26(39)41-15-18-8-5-4-6-9-18)23(36)31-21(14-33)24(37)32-27(11-7-10-20(27)17(2)34)25(38)30-19(13-28)12-22(35)40-3/h4-6,8-9,16-17,19-21,33-34H,7,10-15H2,1-3H3,(H,29,39)(H,30,38)(H,31,36)(H,32,37)/t16-,17+,19-,20?,21-,27+/m0/s1. The molecule has 1 unspecified atom stereocenters. The van der Waals surface area contributed by atoms with Gasteiger partial charge in [-0.25, -0.2) is 9.18 Å². The van der Waals surface area contributed by atoms with Gasteiger partial charge >= 0.3 is 12.1 Å². The number of hydrogen-bond acceptors (Lipinski definition) is 9. The van der Waals surface area contributed by atoms with Crippen molar-refractivity contribution in [1.82, 2.24) is 21.3 Å². The smallest absolute Gasteiger partial charge is 0.408 e. The van der Waals surface area contributed by atoms with Gasteiger partial charge in [-0.15, -0.1) is 0 Å². The van der Waals surface area contributed by atoms with Crippen molar-refractivity contribution < 1.29 is 48.0 Å². The summed E-state index contributed by atoms with van der Waals surface area (Å²) in [5.74, 6) is -4.10. The lowest BCUT2D eigenvalue weighted by Gasteiger charge is -2.38. The van der Waals surface area contributed by atoms with Crippen LogP contribution in [0.3, 0.4) is 0 Å². The number of hydrogen-bond donors (Lipinski definition) is 6. The monoisotopic (exact) mass is 582 g/mol. The Morgan fingerprint density at radius 3 is 2.34 bits per heavy atom. The molecule has 1 aromatic carbocycles.